The number of rotatable bonds is 2. The predicted octanol–water partition coefficient (Wildman–Crippen LogP) is 3.62. The quantitative estimate of drug-likeness (QED) is 0.679. The molecule has 0 amide bonds. The minimum Gasteiger partial charge on any atom is -0.287 e. The molecule has 0 aliphatic rings. The van der Waals surface area contributed by atoms with Crippen LogP contribution >= 0.6 is 15.9 Å². The van der Waals surface area contributed by atoms with E-state index in [1.165, 1.54) is 0 Å². The molecule has 4 heteroatoms. The van der Waals surface area contributed by atoms with Crippen LogP contribution in [0.3, 0.4) is 0 Å². The summed E-state index contributed by atoms with van der Waals surface area (Å²) >= 11 is 3.30. The fraction of sp³-hybridized carbons (Fsp3) is 0. The minimum atomic E-state index is -0.0972. The summed E-state index contributed by atoms with van der Waals surface area (Å²) in [6.45, 7) is 0. The maximum absolute atomic E-state index is 12.3. The maximum atomic E-state index is 12.3. The first-order chi connectivity index (χ1) is 9.24. The highest BCUT2D eigenvalue weighted by Gasteiger charge is 2.11. The molecule has 0 fully saturated rings. The number of ketones is 1. The number of fused-ring (bicyclic) bond motifs is 1. The number of aromatic nitrogens is 2. The smallest absolute Gasteiger partial charge is 0.211 e. The third-order valence-corrected chi connectivity index (χ3v) is 3.30. The fourth-order valence-electron chi connectivity index (χ4n) is 1.87. The molecule has 0 unspecified atom stereocenters. The van der Waals surface area contributed by atoms with Gasteiger partial charge in [-0.2, -0.15) is 0 Å². The zero-order valence-electron chi connectivity index (χ0n) is 9.88. The lowest BCUT2D eigenvalue weighted by Crippen LogP contribution is -2.03. The summed E-state index contributed by atoms with van der Waals surface area (Å²) in [6.07, 6.45) is 3.33. The van der Waals surface area contributed by atoms with Gasteiger partial charge in [-0.1, -0.05) is 18.2 Å². The van der Waals surface area contributed by atoms with E-state index in [2.05, 4.69) is 25.9 Å². The molecule has 0 aliphatic carbocycles. The summed E-state index contributed by atoms with van der Waals surface area (Å²) in [7, 11) is 0. The van der Waals surface area contributed by atoms with Gasteiger partial charge >= 0.3 is 0 Å². The topological polar surface area (TPSA) is 42.9 Å². The van der Waals surface area contributed by atoms with E-state index in [0.29, 0.717) is 11.3 Å². The van der Waals surface area contributed by atoms with E-state index in [1.807, 2.05) is 18.2 Å². The van der Waals surface area contributed by atoms with Crippen molar-refractivity contribution in [2.75, 3.05) is 0 Å². The van der Waals surface area contributed by atoms with E-state index in [9.17, 15) is 4.79 Å². The number of nitrogens with zero attached hydrogens (tertiary/aromatic N) is 2. The van der Waals surface area contributed by atoms with Crippen LogP contribution in [0.5, 0.6) is 0 Å². The Hall–Kier alpha value is -2.07. The van der Waals surface area contributed by atoms with E-state index in [-0.39, 0.29) is 5.78 Å². The van der Waals surface area contributed by atoms with Crippen LogP contribution in [0.2, 0.25) is 0 Å². The van der Waals surface area contributed by atoms with E-state index in [4.69, 9.17) is 0 Å². The van der Waals surface area contributed by atoms with Crippen LogP contribution in [0.15, 0.2) is 59.3 Å². The van der Waals surface area contributed by atoms with E-state index in [1.54, 1.807) is 36.7 Å². The Bertz CT molecular complexity index is 753. The molecule has 0 saturated carbocycles. The van der Waals surface area contributed by atoms with Gasteiger partial charge in [0.25, 0.3) is 0 Å². The van der Waals surface area contributed by atoms with Gasteiger partial charge in [-0.05, 0) is 40.2 Å². The Balaban J connectivity index is 2.04. The van der Waals surface area contributed by atoms with Crippen LogP contribution in [-0.2, 0) is 0 Å². The summed E-state index contributed by atoms with van der Waals surface area (Å²) in [6, 6.07) is 12.8. The molecule has 0 saturated heterocycles. The first-order valence-corrected chi connectivity index (χ1v) is 6.54. The Morgan fingerprint density at radius 1 is 1.05 bits per heavy atom. The van der Waals surface area contributed by atoms with Crippen molar-refractivity contribution in [3.8, 4) is 0 Å². The van der Waals surface area contributed by atoms with Crippen LogP contribution in [0.4, 0.5) is 0 Å². The molecule has 0 radical (unpaired) electrons. The van der Waals surface area contributed by atoms with Crippen LogP contribution in [0.25, 0.3) is 10.9 Å². The molecule has 19 heavy (non-hydrogen) atoms. The molecule has 2 heterocycles. The highest BCUT2D eigenvalue weighted by Crippen LogP contribution is 2.16. The number of hydrogen-bond donors (Lipinski definition) is 0. The maximum Gasteiger partial charge on any atom is 0.211 e. The van der Waals surface area contributed by atoms with Crippen LogP contribution in [-0.4, -0.2) is 15.8 Å². The van der Waals surface area contributed by atoms with Crippen molar-refractivity contribution in [3.05, 3.63) is 70.6 Å². The first kappa shape index (κ1) is 12.0. The normalized spacial score (nSPS) is 10.6. The standard InChI is InChI=1S/C15H9BrN2O/c16-12-5-6-13(18-9-12)15(19)11-4-3-10-2-1-7-17-14(10)8-11/h1-9H. The molecule has 92 valence electrons. The SMILES string of the molecule is O=C(c1ccc2cccnc2c1)c1ccc(Br)cn1. The highest BCUT2D eigenvalue weighted by atomic mass is 79.9. The molecule has 2 aromatic heterocycles. The molecule has 0 bridgehead atoms. The van der Waals surface area contributed by atoms with Crippen molar-refractivity contribution in [1.82, 2.24) is 9.97 Å². The monoisotopic (exact) mass is 312 g/mol. The summed E-state index contributed by atoms with van der Waals surface area (Å²) < 4.78 is 0.851. The number of hydrogen-bond acceptors (Lipinski definition) is 3. The molecular weight excluding hydrogens is 304 g/mol. The number of benzene rings is 1. The van der Waals surface area contributed by atoms with Gasteiger partial charge in [0.15, 0.2) is 0 Å². The average molecular weight is 313 g/mol. The molecule has 3 nitrogen and oxygen atoms in total. The zero-order chi connectivity index (χ0) is 13.2. The number of halogens is 1. The van der Waals surface area contributed by atoms with Crippen molar-refractivity contribution >= 4 is 32.6 Å². The van der Waals surface area contributed by atoms with Crippen molar-refractivity contribution in [2.24, 2.45) is 0 Å². The summed E-state index contributed by atoms with van der Waals surface area (Å²) in [4.78, 5) is 20.7. The highest BCUT2D eigenvalue weighted by molar-refractivity contribution is 9.10. The van der Waals surface area contributed by atoms with Gasteiger partial charge in [-0.3, -0.25) is 14.8 Å². The Labute approximate surface area is 118 Å². The second-order valence-corrected chi connectivity index (χ2v) is 5.02. The minimum absolute atomic E-state index is 0.0972. The number of carbonyl (C=O) groups excluding carboxylic acids is 1. The van der Waals surface area contributed by atoms with Crippen molar-refractivity contribution < 1.29 is 4.79 Å². The molecule has 3 aromatic rings. The van der Waals surface area contributed by atoms with Gasteiger partial charge in [-0.25, -0.2) is 0 Å². The van der Waals surface area contributed by atoms with Crippen LogP contribution in [0, 0.1) is 0 Å². The molecule has 0 spiro atoms. The molecule has 1 aromatic carbocycles. The van der Waals surface area contributed by atoms with E-state index >= 15 is 0 Å². The Kier molecular flexibility index (Phi) is 3.09. The van der Waals surface area contributed by atoms with Gasteiger partial charge in [0.05, 0.1) is 5.52 Å². The van der Waals surface area contributed by atoms with E-state index < -0.39 is 0 Å². The lowest BCUT2D eigenvalue weighted by molar-refractivity contribution is 0.103. The fourth-order valence-corrected chi connectivity index (χ4v) is 2.10. The first-order valence-electron chi connectivity index (χ1n) is 5.75. The van der Waals surface area contributed by atoms with Gasteiger partial charge in [0.1, 0.15) is 5.69 Å². The van der Waals surface area contributed by atoms with Crippen molar-refractivity contribution in [2.45, 2.75) is 0 Å². The average Bonchev–Trinajstić information content (AvgIpc) is 2.47. The summed E-state index contributed by atoms with van der Waals surface area (Å²) in [5.41, 5.74) is 1.84. The Morgan fingerprint density at radius 2 is 1.95 bits per heavy atom. The van der Waals surface area contributed by atoms with Crippen molar-refractivity contribution in [3.63, 3.8) is 0 Å². The number of pyridine rings is 2. The number of carbonyl (C=O) groups is 1. The van der Waals surface area contributed by atoms with Gasteiger partial charge in [0.2, 0.25) is 5.78 Å². The second-order valence-electron chi connectivity index (χ2n) is 4.10. The van der Waals surface area contributed by atoms with Crippen LogP contribution in [0.1, 0.15) is 16.1 Å². The van der Waals surface area contributed by atoms with Gasteiger partial charge in [-0.15, -0.1) is 0 Å². The molecule has 0 N–H and O–H groups in total. The van der Waals surface area contributed by atoms with Gasteiger partial charge < -0.3 is 0 Å². The zero-order valence-corrected chi connectivity index (χ0v) is 11.5. The molecule has 0 aliphatic heterocycles. The largest absolute Gasteiger partial charge is 0.287 e. The lowest BCUT2D eigenvalue weighted by atomic mass is 10.1. The third kappa shape index (κ3) is 2.39. The van der Waals surface area contributed by atoms with Crippen molar-refractivity contribution in [1.29, 1.82) is 0 Å². The lowest BCUT2D eigenvalue weighted by Gasteiger charge is -2.02. The summed E-state index contributed by atoms with van der Waals surface area (Å²) in [5, 5.41) is 1.02. The Morgan fingerprint density at radius 3 is 2.74 bits per heavy atom. The third-order valence-electron chi connectivity index (χ3n) is 2.83. The molecular formula is C15H9BrN2O. The van der Waals surface area contributed by atoms with E-state index in [0.717, 1.165) is 15.4 Å². The van der Waals surface area contributed by atoms with Gasteiger partial charge in [0, 0.05) is 27.8 Å². The molecule has 0 atom stereocenters. The van der Waals surface area contributed by atoms with Crippen LogP contribution < -0.4 is 0 Å². The summed E-state index contributed by atoms with van der Waals surface area (Å²) in [5.74, 6) is -0.0972. The second kappa shape index (κ2) is 4.90. The predicted molar refractivity (Wildman–Crippen MR) is 77.1 cm³/mol. The molecule has 3 rings (SSSR count).